The van der Waals surface area contributed by atoms with Crippen molar-refractivity contribution in [1.82, 2.24) is 9.62 Å². The van der Waals surface area contributed by atoms with Crippen molar-refractivity contribution >= 4 is 15.9 Å². The highest BCUT2D eigenvalue weighted by atomic mass is 32.2. The minimum atomic E-state index is -3.41. The molecule has 0 saturated heterocycles. The van der Waals surface area contributed by atoms with E-state index in [1.165, 1.54) is 10.6 Å². The molecule has 0 saturated carbocycles. The van der Waals surface area contributed by atoms with E-state index in [0.717, 1.165) is 11.8 Å². The van der Waals surface area contributed by atoms with Crippen molar-refractivity contribution in [3.8, 4) is 0 Å². The van der Waals surface area contributed by atoms with Gasteiger partial charge in [-0.05, 0) is 17.7 Å². The zero-order chi connectivity index (χ0) is 16.7. The van der Waals surface area contributed by atoms with Crippen molar-refractivity contribution < 1.29 is 17.6 Å². The van der Waals surface area contributed by atoms with Crippen LogP contribution in [0.15, 0.2) is 53.1 Å². The number of carbonyl (C=O) groups excluding carboxylic acids is 1. The zero-order valence-electron chi connectivity index (χ0n) is 12.9. The topological polar surface area (TPSA) is 79.6 Å². The third-order valence-corrected chi connectivity index (χ3v) is 4.55. The van der Waals surface area contributed by atoms with Crippen LogP contribution in [-0.4, -0.2) is 31.4 Å². The van der Waals surface area contributed by atoms with Gasteiger partial charge in [-0.3, -0.25) is 4.79 Å². The summed E-state index contributed by atoms with van der Waals surface area (Å²) in [7, 11) is -3.41. The lowest BCUT2D eigenvalue weighted by Gasteiger charge is -2.18. The van der Waals surface area contributed by atoms with Crippen LogP contribution in [0.5, 0.6) is 0 Å². The number of benzene rings is 1. The Balaban J connectivity index is 1.84. The van der Waals surface area contributed by atoms with Gasteiger partial charge in [0.1, 0.15) is 5.76 Å². The van der Waals surface area contributed by atoms with E-state index in [4.69, 9.17) is 4.42 Å². The average Bonchev–Trinajstić information content (AvgIpc) is 3.02. The van der Waals surface area contributed by atoms with Crippen LogP contribution < -0.4 is 5.32 Å². The van der Waals surface area contributed by atoms with Crippen molar-refractivity contribution in [2.24, 2.45) is 0 Å². The SMILES string of the molecule is CS(=O)(=O)N(CCC(=O)NCc1ccccc1)Cc1ccco1. The standard InChI is InChI=1S/C16H20N2O4S/c1-23(20,21)18(13-15-8-5-11-22-15)10-9-16(19)17-12-14-6-3-2-4-7-14/h2-8,11H,9-10,12-13H2,1H3,(H,17,19). The number of nitrogens with one attached hydrogen (secondary N) is 1. The van der Waals surface area contributed by atoms with E-state index in [1.54, 1.807) is 12.1 Å². The smallest absolute Gasteiger partial charge is 0.221 e. The van der Waals surface area contributed by atoms with Gasteiger partial charge in [-0.15, -0.1) is 0 Å². The number of rotatable bonds is 8. The molecule has 0 radical (unpaired) electrons. The van der Waals surface area contributed by atoms with Gasteiger partial charge in [-0.1, -0.05) is 30.3 Å². The van der Waals surface area contributed by atoms with E-state index in [0.29, 0.717) is 12.3 Å². The van der Waals surface area contributed by atoms with Crippen LogP contribution in [0.2, 0.25) is 0 Å². The molecule has 0 aliphatic carbocycles. The van der Waals surface area contributed by atoms with Crippen LogP contribution in [0.25, 0.3) is 0 Å². The molecule has 1 amide bonds. The fourth-order valence-electron chi connectivity index (χ4n) is 2.05. The third kappa shape index (κ3) is 5.88. The number of nitrogens with zero attached hydrogens (tertiary/aromatic N) is 1. The fraction of sp³-hybridized carbons (Fsp3) is 0.312. The van der Waals surface area contributed by atoms with Gasteiger partial charge >= 0.3 is 0 Å². The number of sulfonamides is 1. The Morgan fingerprint density at radius 3 is 2.52 bits per heavy atom. The molecule has 23 heavy (non-hydrogen) atoms. The number of hydrogen-bond acceptors (Lipinski definition) is 4. The molecule has 1 N–H and O–H groups in total. The average molecular weight is 336 g/mol. The number of carbonyl (C=O) groups is 1. The maximum atomic E-state index is 11.9. The molecular weight excluding hydrogens is 316 g/mol. The second-order valence-electron chi connectivity index (χ2n) is 5.19. The Hall–Kier alpha value is -2.12. The van der Waals surface area contributed by atoms with Crippen LogP contribution in [0.4, 0.5) is 0 Å². The number of amides is 1. The van der Waals surface area contributed by atoms with Crippen LogP contribution >= 0.6 is 0 Å². The summed E-state index contributed by atoms with van der Waals surface area (Å²) in [5.74, 6) is 0.349. The summed E-state index contributed by atoms with van der Waals surface area (Å²) in [5, 5.41) is 2.78. The van der Waals surface area contributed by atoms with Gasteiger partial charge in [0.2, 0.25) is 15.9 Å². The molecule has 7 heteroatoms. The Labute approximate surface area is 136 Å². The molecule has 1 aromatic heterocycles. The van der Waals surface area contributed by atoms with Gasteiger partial charge in [0.25, 0.3) is 0 Å². The van der Waals surface area contributed by atoms with Gasteiger partial charge in [0, 0.05) is 19.5 Å². The molecule has 2 rings (SSSR count). The maximum Gasteiger partial charge on any atom is 0.221 e. The summed E-state index contributed by atoms with van der Waals surface area (Å²) in [5.41, 5.74) is 0.997. The maximum absolute atomic E-state index is 11.9. The summed E-state index contributed by atoms with van der Waals surface area (Å²) < 4.78 is 30.0. The van der Waals surface area contributed by atoms with E-state index in [2.05, 4.69) is 5.32 Å². The van der Waals surface area contributed by atoms with Crippen molar-refractivity contribution in [1.29, 1.82) is 0 Å². The second kappa shape index (κ2) is 7.94. The lowest BCUT2D eigenvalue weighted by Crippen LogP contribution is -2.34. The lowest BCUT2D eigenvalue weighted by molar-refractivity contribution is -0.121. The molecule has 2 aromatic rings. The zero-order valence-corrected chi connectivity index (χ0v) is 13.8. The van der Waals surface area contributed by atoms with Crippen molar-refractivity contribution in [3.05, 3.63) is 60.1 Å². The molecule has 0 unspecified atom stereocenters. The van der Waals surface area contributed by atoms with Crippen molar-refractivity contribution in [2.45, 2.75) is 19.5 Å². The molecule has 0 aliphatic rings. The summed E-state index contributed by atoms with van der Waals surface area (Å²) in [6.07, 6.45) is 2.71. The van der Waals surface area contributed by atoms with E-state index in [9.17, 15) is 13.2 Å². The molecule has 0 bridgehead atoms. The minimum absolute atomic E-state index is 0.0978. The highest BCUT2D eigenvalue weighted by molar-refractivity contribution is 7.88. The van der Waals surface area contributed by atoms with Crippen LogP contribution in [-0.2, 0) is 27.9 Å². The van der Waals surface area contributed by atoms with Gasteiger partial charge in [-0.2, -0.15) is 4.31 Å². The highest BCUT2D eigenvalue weighted by Crippen LogP contribution is 2.09. The first-order chi connectivity index (χ1) is 10.9. The highest BCUT2D eigenvalue weighted by Gasteiger charge is 2.19. The largest absolute Gasteiger partial charge is 0.468 e. The molecule has 0 fully saturated rings. The fourth-order valence-corrected chi connectivity index (χ4v) is 2.83. The van der Waals surface area contributed by atoms with Crippen LogP contribution in [0.3, 0.4) is 0 Å². The van der Waals surface area contributed by atoms with Crippen molar-refractivity contribution in [3.63, 3.8) is 0 Å². The van der Waals surface area contributed by atoms with Gasteiger partial charge in [0.15, 0.2) is 0 Å². The number of hydrogen-bond donors (Lipinski definition) is 1. The molecule has 6 nitrogen and oxygen atoms in total. The molecule has 1 aromatic carbocycles. The van der Waals surface area contributed by atoms with Gasteiger partial charge in [-0.25, -0.2) is 8.42 Å². The summed E-state index contributed by atoms with van der Waals surface area (Å²) in [4.78, 5) is 11.9. The predicted molar refractivity (Wildman–Crippen MR) is 86.9 cm³/mol. The Bertz CT molecular complexity index is 712. The molecule has 124 valence electrons. The van der Waals surface area contributed by atoms with Crippen molar-refractivity contribution in [2.75, 3.05) is 12.8 Å². The Morgan fingerprint density at radius 1 is 1.17 bits per heavy atom. The summed E-state index contributed by atoms with van der Waals surface area (Å²) in [6.45, 7) is 0.661. The van der Waals surface area contributed by atoms with E-state index in [-0.39, 0.29) is 25.4 Å². The number of furan rings is 1. The quantitative estimate of drug-likeness (QED) is 0.796. The van der Waals surface area contributed by atoms with Gasteiger partial charge in [0.05, 0.1) is 19.1 Å². The summed E-state index contributed by atoms with van der Waals surface area (Å²) in [6, 6.07) is 12.9. The normalized spacial score (nSPS) is 11.6. The van der Waals surface area contributed by atoms with Crippen LogP contribution in [0.1, 0.15) is 17.7 Å². The first-order valence-corrected chi connectivity index (χ1v) is 9.08. The molecule has 0 atom stereocenters. The molecular formula is C16H20N2O4S. The predicted octanol–water partition coefficient (Wildman–Crippen LogP) is 1.75. The second-order valence-corrected chi connectivity index (χ2v) is 7.17. The third-order valence-electron chi connectivity index (χ3n) is 3.30. The first kappa shape index (κ1) is 17.2. The lowest BCUT2D eigenvalue weighted by atomic mass is 10.2. The summed E-state index contributed by atoms with van der Waals surface area (Å²) >= 11 is 0. The monoisotopic (exact) mass is 336 g/mol. The van der Waals surface area contributed by atoms with E-state index < -0.39 is 10.0 Å². The van der Waals surface area contributed by atoms with Crippen LogP contribution in [0, 0.1) is 0 Å². The molecule has 1 heterocycles. The van der Waals surface area contributed by atoms with E-state index in [1.807, 2.05) is 30.3 Å². The minimum Gasteiger partial charge on any atom is -0.468 e. The molecule has 0 aliphatic heterocycles. The molecule has 0 spiro atoms. The Kier molecular flexibility index (Phi) is 5.95. The first-order valence-electron chi connectivity index (χ1n) is 7.23. The van der Waals surface area contributed by atoms with Gasteiger partial charge < -0.3 is 9.73 Å². The Morgan fingerprint density at radius 2 is 1.91 bits per heavy atom. The van der Waals surface area contributed by atoms with E-state index >= 15 is 0 Å².